The molecule has 0 amide bonds. The van der Waals surface area contributed by atoms with Gasteiger partial charge in [-0.05, 0) is 78.1 Å². The van der Waals surface area contributed by atoms with Gasteiger partial charge in [0.25, 0.3) is 0 Å². The second kappa shape index (κ2) is 17.8. The summed E-state index contributed by atoms with van der Waals surface area (Å²) in [6, 6.07) is 2.47. The largest absolute Gasteiger partial charge is 0.437 e. The number of rotatable bonds is 22. The molecule has 0 spiro atoms. The fourth-order valence-electron chi connectivity index (χ4n) is 4.85. The Morgan fingerprint density at radius 2 is 0.758 bits per heavy atom. The molecular formula is C26H60O4Si3. The highest BCUT2D eigenvalue weighted by molar-refractivity contribution is 6.87. The minimum Gasteiger partial charge on any atom is -0.437 e. The maximum absolute atomic E-state index is 9.33. The highest BCUT2D eigenvalue weighted by Crippen LogP contribution is 2.27. The summed E-state index contributed by atoms with van der Waals surface area (Å²) in [7, 11) is -5.46. The number of unbranched alkanes of at least 4 members (excludes halogenated alkanes) is 10. The van der Waals surface area contributed by atoms with E-state index in [4.69, 9.17) is 8.23 Å². The topological polar surface area (TPSA) is 58.9 Å². The second-order valence-corrected chi connectivity index (χ2v) is 24.6. The van der Waals surface area contributed by atoms with Crippen LogP contribution in [0.25, 0.3) is 0 Å². The first-order valence-electron chi connectivity index (χ1n) is 14.0. The maximum atomic E-state index is 9.33. The summed E-state index contributed by atoms with van der Waals surface area (Å²) in [6.45, 7) is 17.8. The van der Waals surface area contributed by atoms with Crippen LogP contribution in [0.4, 0.5) is 0 Å². The molecule has 0 aliphatic heterocycles. The van der Waals surface area contributed by atoms with E-state index in [1.54, 1.807) is 0 Å². The monoisotopic (exact) mass is 520 g/mol. The van der Waals surface area contributed by atoms with E-state index in [-0.39, 0.29) is 12.2 Å². The molecule has 0 aromatic rings. The molecule has 0 saturated carbocycles. The van der Waals surface area contributed by atoms with Crippen molar-refractivity contribution in [2.24, 2.45) is 0 Å². The van der Waals surface area contributed by atoms with Crippen LogP contribution in [-0.2, 0) is 8.23 Å². The van der Waals surface area contributed by atoms with Crippen LogP contribution in [0.3, 0.4) is 0 Å². The van der Waals surface area contributed by atoms with Crippen molar-refractivity contribution in [2.75, 3.05) is 0 Å². The number of hydrogen-bond donors (Lipinski definition) is 2. The van der Waals surface area contributed by atoms with E-state index in [0.717, 1.165) is 25.7 Å². The van der Waals surface area contributed by atoms with Crippen molar-refractivity contribution in [3.8, 4) is 0 Å². The Morgan fingerprint density at radius 1 is 0.485 bits per heavy atom. The van der Waals surface area contributed by atoms with Crippen LogP contribution in [-0.4, -0.2) is 47.6 Å². The minimum absolute atomic E-state index is 0.145. The second-order valence-electron chi connectivity index (χ2n) is 12.1. The van der Waals surface area contributed by atoms with Gasteiger partial charge in [-0.2, -0.15) is 0 Å². The summed E-state index contributed by atoms with van der Waals surface area (Å²) in [5, 5.41) is 18.7. The summed E-state index contributed by atoms with van der Waals surface area (Å²) in [6.07, 6.45) is 16.8. The molecule has 0 aliphatic carbocycles. The Labute approximate surface area is 210 Å². The Balaban J connectivity index is 4.04. The summed E-state index contributed by atoms with van der Waals surface area (Å²) < 4.78 is 13.5. The van der Waals surface area contributed by atoms with Gasteiger partial charge in [0.05, 0.1) is 12.2 Å². The van der Waals surface area contributed by atoms with Gasteiger partial charge >= 0.3 is 8.56 Å². The van der Waals surface area contributed by atoms with Gasteiger partial charge < -0.3 is 18.4 Å². The molecule has 0 rings (SSSR count). The predicted octanol–water partition coefficient (Wildman–Crippen LogP) is 8.35. The first-order valence-corrected chi connectivity index (χ1v) is 23.1. The van der Waals surface area contributed by atoms with Crippen LogP contribution in [0, 0.1) is 0 Å². The van der Waals surface area contributed by atoms with Gasteiger partial charge in [0, 0.05) is 0 Å². The first kappa shape index (κ1) is 33.5. The summed E-state index contributed by atoms with van der Waals surface area (Å²) in [4.78, 5) is 0. The lowest BCUT2D eigenvalue weighted by Gasteiger charge is -2.39. The SMILES string of the molecule is CC(O)CCCCCCCC[Si](C)(C)O[Si](C)(C)O[Si](C)(C)CCCCCCCCC(C)O. The lowest BCUT2D eigenvalue weighted by molar-refractivity contribution is 0.180. The van der Waals surface area contributed by atoms with Gasteiger partial charge in [-0.3, -0.25) is 0 Å². The van der Waals surface area contributed by atoms with Crippen molar-refractivity contribution >= 4 is 25.2 Å². The molecule has 2 N–H and O–H groups in total. The molecule has 0 aliphatic rings. The van der Waals surface area contributed by atoms with E-state index < -0.39 is 25.2 Å². The molecule has 2 atom stereocenters. The van der Waals surface area contributed by atoms with Crippen molar-refractivity contribution < 1.29 is 18.4 Å². The van der Waals surface area contributed by atoms with Crippen LogP contribution in [0.15, 0.2) is 0 Å². The van der Waals surface area contributed by atoms with Gasteiger partial charge in [-0.15, -0.1) is 0 Å². The molecule has 33 heavy (non-hydrogen) atoms. The molecule has 2 unspecified atom stereocenters. The predicted molar refractivity (Wildman–Crippen MR) is 152 cm³/mol. The van der Waals surface area contributed by atoms with E-state index in [1.165, 1.54) is 76.3 Å². The smallest absolute Gasteiger partial charge is 0.311 e. The van der Waals surface area contributed by atoms with Crippen LogP contribution in [0.2, 0.25) is 51.4 Å². The molecule has 0 fully saturated rings. The highest BCUT2D eigenvalue weighted by Gasteiger charge is 2.39. The molecular weight excluding hydrogens is 461 g/mol. The van der Waals surface area contributed by atoms with Gasteiger partial charge in [0.1, 0.15) is 0 Å². The van der Waals surface area contributed by atoms with Crippen molar-refractivity contribution in [2.45, 2.75) is 167 Å². The Bertz CT molecular complexity index is 428. The quantitative estimate of drug-likeness (QED) is 0.111. The van der Waals surface area contributed by atoms with Crippen LogP contribution in [0.5, 0.6) is 0 Å². The average molecular weight is 521 g/mol. The van der Waals surface area contributed by atoms with Gasteiger partial charge in [-0.1, -0.05) is 77.0 Å². The van der Waals surface area contributed by atoms with Crippen LogP contribution in [0.1, 0.15) is 104 Å². The molecule has 0 aromatic heterocycles. The normalized spacial score (nSPS) is 15.1. The molecule has 0 aromatic carbocycles. The third kappa shape index (κ3) is 22.7. The molecule has 0 saturated heterocycles. The molecule has 0 radical (unpaired) electrons. The first-order chi connectivity index (χ1) is 15.2. The highest BCUT2D eigenvalue weighted by atomic mass is 28.5. The zero-order valence-electron chi connectivity index (χ0n) is 23.7. The number of aliphatic hydroxyl groups excluding tert-OH is 2. The third-order valence-corrected chi connectivity index (χ3v) is 17.8. The number of hydrogen-bond acceptors (Lipinski definition) is 4. The maximum Gasteiger partial charge on any atom is 0.311 e. The van der Waals surface area contributed by atoms with Gasteiger partial charge in [0.2, 0.25) is 0 Å². The van der Waals surface area contributed by atoms with Crippen molar-refractivity contribution in [3.05, 3.63) is 0 Å². The molecule has 0 bridgehead atoms. The summed E-state index contributed by atoms with van der Waals surface area (Å²) >= 11 is 0. The average Bonchev–Trinajstić information content (AvgIpc) is 2.63. The Hall–Kier alpha value is 0.491. The van der Waals surface area contributed by atoms with E-state index >= 15 is 0 Å². The summed E-state index contributed by atoms with van der Waals surface area (Å²) in [5.74, 6) is 0. The fraction of sp³-hybridized carbons (Fsp3) is 1.00. The minimum atomic E-state index is -2.09. The molecule has 7 heteroatoms. The van der Waals surface area contributed by atoms with Crippen molar-refractivity contribution in [3.63, 3.8) is 0 Å². The van der Waals surface area contributed by atoms with Crippen molar-refractivity contribution in [1.82, 2.24) is 0 Å². The number of aliphatic hydroxyl groups is 2. The van der Waals surface area contributed by atoms with E-state index in [2.05, 4.69) is 39.3 Å². The Kier molecular flexibility index (Phi) is 18.1. The van der Waals surface area contributed by atoms with E-state index in [9.17, 15) is 10.2 Å². The van der Waals surface area contributed by atoms with Gasteiger partial charge in [0.15, 0.2) is 16.6 Å². The summed E-state index contributed by atoms with van der Waals surface area (Å²) in [5.41, 5.74) is 0. The lowest BCUT2D eigenvalue weighted by Crippen LogP contribution is -2.52. The zero-order chi connectivity index (χ0) is 25.4. The molecule has 200 valence electrons. The third-order valence-electron chi connectivity index (χ3n) is 6.35. The molecule has 0 heterocycles. The zero-order valence-corrected chi connectivity index (χ0v) is 26.7. The lowest BCUT2D eigenvalue weighted by atomic mass is 10.1. The van der Waals surface area contributed by atoms with Crippen molar-refractivity contribution in [1.29, 1.82) is 0 Å². The van der Waals surface area contributed by atoms with Crippen LogP contribution < -0.4 is 0 Å². The fourth-order valence-corrected chi connectivity index (χ4v) is 19.1. The Morgan fingerprint density at radius 3 is 1.06 bits per heavy atom. The van der Waals surface area contributed by atoms with E-state index in [0.29, 0.717) is 0 Å². The standard InChI is InChI=1S/C26H60O4Si3/c1-25(27)21-17-13-9-11-15-19-23-31(3,4)29-33(7,8)30-32(5,6)24-20-16-12-10-14-18-22-26(2)28/h25-28H,9-24H2,1-8H3. The van der Waals surface area contributed by atoms with E-state index in [1.807, 2.05) is 13.8 Å². The van der Waals surface area contributed by atoms with Crippen LogP contribution >= 0.6 is 0 Å². The van der Waals surface area contributed by atoms with Gasteiger partial charge in [-0.25, -0.2) is 0 Å². The molecule has 4 nitrogen and oxygen atoms in total.